The van der Waals surface area contributed by atoms with Crippen LogP contribution in [0.4, 0.5) is 4.79 Å². The van der Waals surface area contributed by atoms with E-state index in [1.165, 1.54) is 12.5 Å². The molecule has 2 rings (SSSR count). The number of methoxy groups -OCH3 is 1. The maximum atomic E-state index is 12.6. The van der Waals surface area contributed by atoms with Crippen molar-refractivity contribution in [3.63, 3.8) is 0 Å². The molecule has 0 aromatic carbocycles. The van der Waals surface area contributed by atoms with Crippen molar-refractivity contribution in [3.8, 4) is 6.01 Å². The zero-order chi connectivity index (χ0) is 20.4. The van der Waals surface area contributed by atoms with E-state index in [4.69, 9.17) is 14.3 Å². The lowest BCUT2D eigenvalue weighted by atomic mass is 10.3. The van der Waals surface area contributed by atoms with Crippen LogP contribution in [0.3, 0.4) is 0 Å². The maximum Gasteiger partial charge on any atom is 0.391 e. The molecule has 0 saturated carbocycles. The number of hydrogen-bond donors (Lipinski definition) is 1. The Labute approximate surface area is 164 Å². The van der Waals surface area contributed by atoms with Gasteiger partial charge < -0.3 is 14.3 Å². The van der Waals surface area contributed by atoms with Gasteiger partial charge in [-0.3, -0.25) is 0 Å². The van der Waals surface area contributed by atoms with Gasteiger partial charge in [-0.1, -0.05) is 4.73 Å². The second-order valence-corrected chi connectivity index (χ2v) is 8.36. The van der Waals surface area contributed by atoms with Crippen molar-refractivity contribution in [3.05, 3.63) is 25.2 Å². The van der Waals surface area contributed by atoms with Gasteiger partial charge in [-0.2, -0.15) is 0 Å². The summed E-state index contributed by atoms with van der Waals surface area (Å²) in [4.78, 5) is 40.4. The molecule has 1 N–H and O–H groups in total. The van der Waals surface area contributed by atoms with Crippen molar-refractivity contribution in [2.45, 2.75) is 11.8 Å². The minimum atomic E-state index is -4.55. The van der Waals surface area contributed by atoms with Gasteiger partial charge >= 0.3 is 23.7 Å². The van der Waals surface area contributed by atoms with E-state index in [1.807, 2.05) is 0 Å². The van der Waals surface area contributed by atoms with Crippen LogP contribution in [0.15, 0.2) is 18.9 Å². The Hall–Kier alpha value is -2.39. The number of thiophene rings is 1. The predicted molar refractivity (Wildman–Crippen MR) is 94.6 cm³/mol. The van der Waals surface area contributed by atoms with Crippen LogP contribution in [-0.2, 0) is 14.8 Å². The summed E-state index contributed by atoms with van der Waals surface area (Å²) >= 11 is 3.93. The number of esters is 1. The fraction of sp³-hybridized carbons (Fsp3) is 0.333. The highest BCUT2D eigenvalue weighted by Crippen LogP contribution is 2.32. The maximum absolute atomic E-state index is 12.6. The SMILES string of the molecule is CCOC(=O)c1csc(Br)c1S(=O)(=O)NC(=O)n1nc(OC)n(OC)c1=O. The minimum Gasteiger partial charge on any atom is -0.465 e. The first-order chi connectivity index (χ1) is 12.7. The fourth-order valence-corrected chi connectivity index (χ4v) is 5.28. The van der Waals surface area contributed by atoms with Crippen LogP contribution in [0, 0.1) is 0 Å². The monoisotopic (exact) mass is 484 g/mol. The molecule has 12 nitrogen and oxygen atoms in total. The summed E-state index contributed by atoms with van der Waals surface area (Å²) in [6.07, 6.45) is 0. The number of amides is 1. The lowest BCUT2D eigenvalue weighted by molar-refractivity contribution is 0.0522. The van der Waals surface area contributed by atoms with E-state index in [9.17, 15) is 22.8 Å². The Morgan fingerprint density at radius 2 is 2.04 bits per heavy atom. The molecular weight excluding hydrogens is 472 g/mol. The summed E-state index contributed by atoms with van der Waals surface area (Å²) in [5.74, 6) is -0.880. The fourth-order valence-electron chi connectivity index (χ4n) is 1.88. The Morgan fingerprint density at radius 3 is 2.56 bits per heavy atom. The quantitative estimate of drug-likeness (QED) is 0.561. The molecule has 2 aromatic rings. The van der Waals surface area contributed by atoms with Crippen molar-refractivity contribution < 1.29 is 32.3 Å². The molecule has 148 valence electrons. The lowest BCUT2D eigenvalue weighted by Crippen LogP contribution is -2.41. The smallest absolute Gasteiger partial charge is 0.391 e. The largest absolute Gasteiger partial charge is 0.465 e. The normalized spacial score (nSPS) is 11.1. The molecule has 0 bridgehead atoms. The second kappa shape index (κ2) is 8.10. The van der Waals surface area contributed by atoms with E-state index in [-0.39, 0.29) is 26.6 Å². The molecule has 0 atom stereocenters. The van der Waals surface area contributed by atoms with Crippen molar-refractivity contribution in [2.24, 2.45) is 0 Å². The number of carbonyl (C=O) groups excluding carboxylic acids is 2. The predicted octanol–water partition coefficient (Wildman–Crippen LogP) is 0.0591. The summed E-state index contributed by atoms with van der Waals surface area (Å²) in [7, 11) is -2.26. The molecule has 1 amide bonds. The van der Waals surface area contributed by atoms with E-state index in [2.05, 4.69) is 21.0 Å². The highest BCUT2D eigenvalue weighted by molar-refractivity contribution is 9.11. The van der Waals surface area contributed by atoms with Gasteiger partial charge in [0.05, 0.1) is 23.1 Å². The Morgan fingerprint density at radius 1 is 1.37 bits per heavy atom. The number of sulfonamides is 1. The van der Waals surface area contributed by atoms with Crippen molar-refractivity contribution in [1.82, 2.24) is 19.2 Å². The van der Waals surface area contributed by atoms with Crippen LogP contribution in [0.2, 0.25) is 0 Å². The first kappa shape index (κ1) is 20.9. The van der Waals surface area contributed by atoms with E-state index >= 15 is 0 Å². The third kappa shape index (κ3) is 3.98. The summed E-state index contributed by atoms with van der Waals surface area (Å²) in [6.45, 7) is 1.59. The summed E-state index contributed by atoms with van der Waals surface area (Å²) < 4.78 is 37.2. The Kier molecular flexibility index (Phi) is 6.27. The molecule has 27 heavy (non-hydrogen) atoms. The highest BCUT2D eigenvalue weighted by Gasteiger charge is 2.31. The second-order valence-electron chi connectivity index (χ2n) is 4.54. The zero-order valence-corrected chi connectivity index (χ0v) is 17.3. The van der Waals surface area contributed by atoms with Crippen molar-refractivity contribution in [1.29, 1.82) is 0 Å². The van der Waals surface area contributed by atoms with Gasteiger partial charge in [-0.25, -0.2) is 27.5 Å². The van der Waals surface area contributed by atoms with Gasteiger partial charge in [-0.15, -0.1) is 21.1 Å². The summed E-state index contributed by atoms with van der Waals surface area (Å²) in [5, 5.41) is 4.78. The van der Waals surface area contributed by atoms with Crippen LogP contribution >= 0.6 is 27.3 Å². The first-order valence-corrected chi connectivity index (χ1v) is 10.1. The van der Waals surface area contributed by atoms with Crippen molar-refractivity contribution in [2.75, 3.05) is 20.8 Å². The molecule has 0 spiro atoms. The molecule has 0 saturated heterocycles. The number of nitrogens with zero attached hydrogens (tertiary/aromatic N) is 3. The number of ether oxygens (including phenoxy) is 2. The third-order valence-electron chi connectivity index (χ3n) is 2.96. The van der Waals surface area contributed by atoms with Crippen LogP contribution in [-0.4, -0.2) is 55.8 Å². The highest BCUT2D eigenvalue weighted by atomic mass is 79.9. The lowest BCUT2D eigenvalue weighted by Gasteiger charge is -2.07. The standard InChI is InChI=1S/C12H13BrN4O8S2/c1-4-25-9(18)6-5-26-8(13)7(6)27(21,22)15-10(19)16-12(20)17(24-3)11(14-16)23-2/h5H,4H2,1-3H3,(H,15,19). The molecule has 0 fully saturated rings. The van der Waals surface area contributed by atoms with E-state index < -0.39 is 32.6 Å². The van der Waals surface area contributed by atoms with E-state index in [0.717, 1.165) is 18.4 Å². The average molecular weight is 485 g/mol. The summed E-state index contributed by atoms with van der Waals surface area (Å²) in [6, 6.07) is -1.78. The minimum absolute atomic E-state index is 0.0296. The number of nitrogens with one attached hydrogen (secondary N) is 1. The number of rotatable bonds is 6. The van der Waals surface area contributed by atoms with Crippen LogP contribution in [0.5, 0.6) is 6.01 Å². The number of halogens is 1. The van der Waals surface area contributed by atoms with Crippen LogP contribution in [0.1, 0.15) is 17.3 Å². The number of hydrogen-bond acceptors (Lipinski definition) is 10. The van der Waals surface area contributed by atoms with Crippen LogP contribution in [0.25, 0.3) is 0 Å². The zero-order valence-electron chi connectivity index (χ0n) is 14.1. The molecule has 0 unspecified atom stereocenters. The molecule has 0 aliphatic rings. The van der Waals surface area contributed by atoms with Gasteiger partial charge in [0, 0.05) is 5.38 Å². The van der Waals surface area contributed by atoms with Crippen molar-refractivity contribution >= 4 is 49.3 Å². The molecule has 15 heteroatoms. The molecule has 0 radical (unpaired) electrons. The van der Waals surface area contributed by atoms with Gasteiger partial charge in [0.25, 0.3) is 10.0 Å². The summed E-state index contributed by atoms with van der Waals surface area (Å²) in [5.41, 5.74) is -1.36. The molecule has 0 aliphatic carbocycles. The number of aromatic nitrogens is 3. The van der Waals surface area contributed by atoms with Gasteiger partial charge in [-0.05, 0) is 22.9 Å². The molecule has 0 aliphatic heterocycles. The van der Waals surface area contributed by atoms with E-state index in [0.29, 0.717) is 4.73 Å². The Balaban J connectivity index is 2.42. The van der Waals surface area contributed by atoms with Gasteiger partial charge in [0.2, 0.25) is 0 Å². The topological polar surface area (TPSA) is 148 Å². The molecule has 2 heterocycles. The Bertz CT molecular complexity index is 1040. The van der Waals surface area contributed by atoms with Gasteiger partial charge in [0.1, 0.15) is 12.0 Å². The number of carbonyl (C=O) groups is 2. The first-order valence-electron chi connectivity index (χ1n) is 6.99. The average Bonchev–Trinajstić information content (AvgIpc) is 3.14. The molecule has 2 aromatic heterocycles. The van der Waals surface area contributed by atoms with Crippen LogP contribution < -0.4 is 20.0 Å². The van der Waals surface area contributed by atoms with E-state index in [1.54, 1.807) is 11.6 Å². The third-order valence-corrected chi connectivity index (χ3v) is 6.48. The van der Waals surface area contributed by atoms with Gasteiger partial charge in [0.15, 0.2) is 0 Å². The molecular formula is C12H13BrN4O8S2.